The number of ether oxygens (including phenoxy) is 1. The van der Waals surface area contributed by atoms with Crippen LogP contribution >= 0.6 is 0 Å². The number of methoxy groups -OCH3 is 1. The first kappa shape index (κ1) is 24.4. The predicted octanol–water partition coefficient (Wildman–Crippen LogP) is 6.79. The molecule has 2 amide bonds. The lowest BCUT2D eigenvalue weighted by atomic mass is 9.79. The number of carbonyl (C=O) groups excluding carboxylic acids is 1. The predicted molar refractivity (Wildman–Crippen MR) is 145 cm³/mol. The summed E-state index contributed by atoms with van der Waals surface area (Å²) in [6, 6.07) is 29.6. The Kier molecular flexibility index (Phi) is 7.31. The van der Waals surface area contributed by atoms with Gasteiger partial charge in [-0.15, -0.1) is 0 Å². The van der Waals surface area contributed by atoms with Crippen LogP contribution in [0.4, 0.5) is 4.79 Å². The van der Waals surface area contributed by atoms with Gasteiger partial charge in [-0.2, -0.15) is 0 Å². The van der Waals surface area contributed by atoms with E-state index in [9.17, 15) is 4.79 Å². The van der Waals surface area contributed by atoms with Crippen LogP contribution in [0.15, 0.2) is 84.9 Å². The van der Waals surface area contributed by atoms with Crippen molar-refractivity contribution in [3.05, 3.63) is 102 Å². The van der Waals surface area contributed by atoms with Gasteiger partial charge in [0.1, 0.15) is 11.3 Å². The van der Waals surface area contributed by atoms with Gasteiger partial charge in [0.05, 0.1) is 13.7 Å². The molecule has 1 aliphatic heterocycles. The van der Waals surface area contributed by atoms with E-state index < -0.39 is 5.54 Å². The van der Waals surface area contributed by atoms with Crippen molar-refractivity contribution in [2.75, 3.05) is 13.7 Å². The van der Waals surface area contributed by atoms with Crippen molar-refractivity contribution in [3.63, 3.8) is 0 Å². The van der Waals surface area contributed by atoms with Crippen molar-refractivity contribution >= 4 is 6.03 Å². The van der Waals surface area contributed by atoms with Crippen molar-refractivity contribution in [1.29, 1.82) is 0 Å². The van der Waals surface area contributed by atoms with E-state index in [-0.39, 0.29) is 6.03 Å². The third-order valence-electron chi connectivity index (χ3n) is 8.28. The third kappa shape index (κ3) is 5.00. The summed E-state index contributed by atoms with van der Waals surface area (Å²) >= 11 is 0. The van der Waals surface area contributed by atoms with Crippen molar-refractivity contribution < 1.29 is 9.53 Å². The molecule has 1 atom stereocenters. The van der Waals surface area contributed by atoms with Gasteiger partial charge in [0.25, 0.3) is 0 Å². The lowest BCUT2D eigenvalue weighted by Gasteiger charge is -2.36. The molecule has 0 spiro atoms. The molecule has 0 bridgehead atoms. The van der Waals surface area contributed by atoms with Gasteiger partial charge in [0, 0.05) is 6.04 Å². The Morgan fingerprint density at radius 1 is 0.889 bits per heavy atom. The Hall–Kier alpha value is -3.27. The molecular formula is C32H38N2O2. The highest BCUT2D eigenvalue weighted by Crippen LogP contribution is 2.39. The van der Waals surface area contributed by atoms with Gasteiger partial charge in [-0.1, -0.05) is 85.8 Å². The number of urea groups is 1. The van der Waals surface area contributed by atoms with Gasteiger partial charge in [-0.3, -0.25) is 0 Å². The van der Waals surface area contributed by atoms with Crippen LogP contribution in [0.5, 0.6) is 5.75 Å². The standard InChI is InChI=1S/C32H38N2O2/c1-24(22-26-11-9-10-16-30(26)36-2)21-25-17-19-29(20-18-25)34-23-32(33-31(34)35,27-12-5-3-6-13-27)28-14-7-4-8-15-28/h3-16,24-25,29H,17-23H2,1-2H3,(H,33,35). The zero-order chi connectivity index (χ0) is 25.0. The van der Waals surface area contributed by atoms with Crippen LogP contribution in [0, 0.1) is 11.8 Å². The molecule has 188 valence electrons. The zero-order valence-electron chi connectivity index (χ0n) is 21.5. The fourth-order valence-corrected chi connectivity index (χ4v) is 6.45. The SMILES string of the molecule is COc1ccccc1CC(C)CC1CCC(N2CC(c3ccccc3)(c3ccccc3)NC2=O)CC1. The molecule has 5 rings (SSSR count). The molecule has 4 nitrogen and oxygen atoms in total. The number of nitrogens with zero attached hydrogens (tertiary/aromatic N) is 1. The van der Waals surface area contributed by atoms with Gasteiger partial charge >= 0.3 is 6.03 Å². The number of carbonyl (C=O) groups is 1. The number of hydrogen-bond donors (Lipinski definition) is 1. The van der Waals surface area contributed by atoms with E-state index in [0.717, 1.165) is 42.1 Å². The van der Waals surface area contributed by atoms with E-state index in [0.29, 0.717) is 18.5 Å². The minimum atomic E-state index is -0.500. The number of para-hydroxylation sites is 1. The van der Waals surface area contributed by atoms with E-state index >= 15 is 0 Å². The second-order valence-electron chi connectivity index (χ2n) is 10.7. The molecule has 1 heterocycles. The van der Waals surface area contributed by atoms with Gasteiger partial charge in [0.2, 0.25) is 0 Å². The second-order valence-corrected chi connectivity index (χ2v) is 10.7. The van der Waals surface area contributed by atoms with Crippen molar-refractivity contribution in [2.24, 2.45) is 11.8 Å². The van der Waals surface area contributed by atoms with Crippen LogP contribution in [0.3, 0.4) is 0 Å². The minimum Gasteiger partial charge on any atom is -0.496 e. The van der Waals surface area contributed by atoms with Crippen molar-refractivity contribution in [2.45, 2.75) is 57.0 Å². The molecular weight excluding hydrogens is 444 g/mol. The largest absolute Gasteiger partial charge is 0.496 e. The maximum absolute atomic E-state index is 13.4. The molecule has 2 aliphatic rings. The highest BCUT2D eigenvalue weighted by atomic mass is 16.5. The van der Waals surface area contributed by atoms with Gasteiger partial charge in [0.15, 0.2) is 0 Å². The summed E-state index contributed by atoms with van der Waals surface area (Å²) in [7, 11) is 1.75. The molecule has 1 unspecified atom stereocenters. The van der Waals surface area contributed by atoms with Crippen LogP contribution in [-0.2, 0) is 12.0 Å². The quantitative estimate of drug-likeness (QED) is 0.384. The Bertz CT molecular complexity index is 1100. The number of amides is 2. The molecule has 4 heteroatoms. The highest BCUT2D eigenvalue weighted by Gasteiger charge is 2.47. The number of benzene rings is 3. The molecule has 3 aromatic rings. The summed E-state index contributed by atoms with van der Waals surface area (Å²) in [6.07, 6.45) is 6.82. The molecule has 1 saturated carbocycles. The Morgan fingerprint density at radius 3 is 2.08 bits per heavy atom. The van der Waals surface area contributed by atoms with Crippen molar-refractivity contribution in [3.8, 4) is 5.75 Å². The van der Waals surface area contributed by atoms with E-state index in [2.05, 4.69) is 83.9 Å². The molecule has 3 aromatic carbocycles. The molecule has 2 fully saturated rings. The summed E-state index contributed by atoms with van der Waals surface area (Å²) in [4.78, 5) is 15.5. The fraction of sp³-hybridized carbons (Fsp3) is 0.406. The molecule has 36 heavy (non-hydrogen) atoms. The van der Waals surface area contributed by atoms with Crippen LogP contribution in [0.25, 0.3) is 0 Å². The Balaban J connectivity index is 1.23. The summed E-state index contributed by atoms with van der Waals surface area (Å²) in [5.74, 6) is 2.33. The van der Waals surface area contributed by atoms with E-state index in [4.69, 9.17) is 4.74 Å². The number of hydrogen-bond acceptors (Lipinski definition) is 2. The average Bonchev–Trinajstić information content (AvgIpc) is 3.28. The monoisotopic (exact) mass is 482 g/mol. The summed E-state index contributed by atoms with van der Waals surface area (Å²) in [5, 5.41) is 3.40. The smallest absolute Gasteiger partial charge is 0.318 e. The first-order valence-electron chi connectivity index (χ1n) is 13.4. The molecule has 0 aromatic heterocycles. The maximum Gasteiger partial charge on any atom is 0.318 e. The van der Waals surface area contributed by atoms with Crippen LogP contribution in [0.1, 0.15) is 55.7 Å². The first-order chi connectivity index (χ1) is 17.6. The lowest BCUT2D eigenvalue weighted by molar-refractivity contribution is 0.154. The molecule has 1 N–H and O–H groups in total. The van der Waals surface area contributed by atoms with Gasteiger partial charge < -0.3 is 15.0 Å². The van der Waals surface area contributed by atoms with Crippen molar-refractivity contribution in [1.82, 2.24) is 10.2 Å². The first-order valence-corrected chi connectivity index (χ1v) is 13.4. The fourth-order valence-electron chi connectivity index (χ4n) is 6.45. The minimum absolute atomic E-state index is 0.0655. The average molecular weight is 483 g/mol. The van der Waals surface area contributed by atoms with E-state index in [1.54, 1.807) is 7.11 Å². The van der Waals surface area contributed by atoms with E-state index in [1.165, 1.54) is 24.8 Å². The number of nitrogens with one attached hydrogen (secondary N) is 1. The van der Waals surface area contributed by atoms with Gasteiger partial charge in [-0.05, 0) is 73.1 Å². The number of rotatable bonds is 8. The third-order valence-corrected chi connectivity index (χ3v) is 8.28. The second kappa shape index (κ2) is 10.8. The summed E-state index contributed by atoms with van der Waals surface area (Å²) < 4.78 is 5.55. The van der Waals surface area contributed by atoms with Crippen LogP contribution in [0.2, 0.25) is 0 Å². The zero-order valence-corrected chi connectivity index (χ0v) is 21.5. The Labute approximate surface area is 215 Å². The Morgan fingerprint density at radius 2 is 1.47 bits per heavy atom. The maximum atomic E-state index is 13.4. The highest BCUT2D eigenvalue weighted by molar-refractivity contribution is 5.80. The molecule has 0 radical (unpaired) electrons. The lowest BCUT2D eigenvalue weighted by Crippen LogP contribution is -2.42. The molecule has 1 saturated heterocycles. The summed E-state index contributed by atoms with van der Waals surface area (Å²) in [6.45, 7) is 3.04. The van der Waals surface area contributed by atoms with Crippen LogP contribution < -0.4 is 10.1 Å². The van der Waals surface area contributed by atoms with E-state index in [1.807, 2.05) is 18.2 Å². The molecule has 1 aliphatic carbocycles. The van der Waals surface area contributed by atoms with Crippen LogP contribution in [-0.4, -0.2) is 30.6 Å². The summed E-state index contributed by atoms with van der Waals surface area (Å²) in [5.41, 5.74) is 3.09. The van der Waals surface area contributed by atoms with Gasteiger partial charge in [-0.25, -0.2) is 4.79 Å². The topological polar surface area (TPSA) is 41.6 Å². The normalized spacial score (nSPS) is 22.2.